The molecular formula is C27H28ClN5O4S. The number of methoxy groups -OCH3 is 1. The van der Waals surface area contributed by atoms with Crippen LogP contribution in [-0.2, 0) is 14.8 Å². The van der Waals surface area contributed by atoms with Crippen LogP contribution in [0, 0.1) is 6.92 Å². The fraction of sp³-hybridized carbons (Fsp3) is 0.222. The molecule has 198 valence electrons. The van der Waals surface area contributed by atoms with Crippen LogP contribution in [0.15, 0.2) is 78.0 Å². The van der Waals surface area contributed by atoms with E-state index in [1.807, 2.05) is 25.1 Å². The van der Waals surface area contributed by atoms with E-state index in [1.165, 1.54) is 29.7 Å². The number of amides is 1. The topological polar surface area (TPSA) is 114 Å². The van der Waals surface area contributed by atoms with Gasteiger partial charge in [0.15, 0.2) is 0 Å². The van der Waals surface area contributed by atoms with Crippen molar-refractivity contribution >= 4 is 49.8 Å². The van der Waals surface area contributed by atoms with Crippen molar-refractivity contribution in [3.8, 4) is 5.75 Å². The fourth-order valence-electron chi connectivity index (χ4n) is 3.93. The molecule has 0 saturated heterocycles. The molecule has 0 unspecified atom stereocenters. The molecule has 0 atom stereocenters. The molecule has 4 aromatic rings. The summed E-state index contributed by atoms with van der Waals surface area (Å²) < 4.78 is 33.5. The Morgan fingerprint density at radius 2 is 1.87 bits per heavy atom. The van der Waals surface area contributed by atoms with Gasteiger partial charge in [0.05, 0.1) is 29.4 Å². The normalized spacial score (nSPS) is 11.5. The van der Waals surface area contributed by atoms with Gasteiger partial charge in [0.2, 0.25) is 15.9 Å². The van der Waals surface area contributed by atoms with Crippen LogP contribution < -0.4 is 15.4 Å². The number of pyridine rings is 2. The van der Waals surface area contributed by atoms with Gasteiger partial charge in [0.25, 0.3) is 0 Å². The maximum atomic E-state index is 13.5. The van der Waals surface area contributed by atoms with Crippen LogP contribution >= 0.6 is 11.6 Å². The number of benzene rings is 2. The lowest BCUT2D eigenvalue weighted by Crippen LogP contribution is -2.37. The minimum Gasteiger partial charge on any atom is -0.497 e. The smallest absolute Gasteiger partial charge is 0.243 e. The second-order valence-corrected chi connectivity index (χ2v) is 10.9. The van der Waals surface area contributed by atoms with E-state index in [0.29, 0.717) is 23.0 Å². The second-order valence-electron chi connectivity index (χ2n) is 8.52. The summed E-state index contributed by atoms with van der Waals surface area (Å²) in [5, 5.41) is 7.48. The predicted octanol–water partition coefficient (Wildman–Crippen LogP) is 4.73. The number of carbonyl (C=O) groups is 1. The highest BCUT2D eigenvalue weighted by atomic mass is 35.5. The van der Waals surface area contributed by atoms with Crippen molar-refractivity contribution in [2.75, 3.05) is 37.4 Å². The highest BCUT2D eigenvalue weighted by Crippen LogP contribution is 2.26. The molecule has 38 heavy (non-hydrogen) atoms. The average molecular weight is 554 g/mol. The average Bonchev–Trinajstić information content (AvgIpc) is 2.91. The van der Waals surface area contributed by atoms with Crippen LogP contribution in [0.3, 0.4) is 0 Å². The lowest BCUT2D eigenvalue weighted by Gasteiger charge is -2.23. The van der Waals surface area contributed by atoms with Crippen LogP contribution in [0.2, 0.25) is 5.02 Å². The monoisotopic (exact) mass is 553 g/mol. The van der Waals surface area contributed by atoms with Crippen LogP contribution in [-0.4, -0.2) is 55.3 Å². The van der Waals surface area contributed by atoms with Crippen molar-refractivity contribution in [2.45, 2.75) is 18.2 Å². The van der Waals surface area contributed by atoms with E-state index in [9.17, 15) is 13.2 Å². The molecule has 11 heteroatoms. The number of fused-ring (bicyclic) bond motifs is 1. The van der Waals surface area contributed by atoms with Crippen molar-refractivity contribution in [2.24, 2.45) is 0 Å². The summed E-state index contributed by atoms with van der Waals surface area (Å²) >= 11 is 6.20. The van der Waals surface area contributed by atoms with E-state index in [4.69, 9.17) is 16.3 Å². The van der Waals surface area contributed by atoms with E-state index in [0.717, 1.165) is 22.3 Å². The number of ether oxygens (including phenoxy) is 1. The molecule has 0 aliphatic rings. The molecule has 0 aliphatic heterocycles. The highest BCUT2D eigenvalue weighted by Gasteiger charge is 2.25. The second kappa shape index (κ2) is 12.2. The third-order valence-corrected chi connectivity index (χ3v) is 7.95. The third kappa shape index (κ3) is 6.77. The van der Waals surface area contributed by atoms with E-state index in [1.54, 1.807) is 36.5 Å². The van der Waals surface area contributed by atoms with E-state index in [-0.39, 0.29) is 30.3 Å². The van der Waals surface area contributed by atoms with Gasteiger partial charge in [0.1, 0.15) is 5.75 Å². The van der Waals surface area contributed by atoms with Gasteiger partial charge in [-0.25, -0.2) is 8.42 Å². The van der Waals surface area contributed by atoms with Gasteiger partial charge in [-0.3, -0.25) is 14.8 Å². The van der Waals surface area contributed by atoms with Crippen molar-refractivity contribution < 1.29 is 17.9 Å². The largest absolute Gasteiger partial charge is 0.497 e. The first kappa shape index (κ1) is 27.3. The van der Waals surface area contributed by atoms with Crippen LogP contribution in [0.5, 0.6) is 5.75 Å². The number of hydrogen-bond donors (Lipinski definition) is 2. The first-order valence-electron chi connectivity index (χ1n) is 11.9. The van der Waals surface area contributed by atoms with Crippen molar-refractivity contribution in [1.29, 1.82) is 0 Å². The Bertz CT molecular complexity index is 1520. The summed E-state index contributed by atoms with van der Waals surface area (Å²) in [4.78, 5) is 21.2. The van der Waals surface area contributed by atoms with Gasteiger partial charge in [-0.05, 0) is 67.6 Å². The number of rotatable bonds is 11. The predicted molar refractivity (Wildman–Crippen MR) is 149 cm³/mol. The number of nitrogens with one attached hydrogen (secondary N) is 2. The van der Waals surface area contributed by atoms with E-state index < -0.39 is 10.0 Å². The number of sulfonamides is 1. The van der Waals surface area contributed by atoms with Crippen LogP contribution in [0.25, 0.3) is 10.9 Å². The molecule has 2 aromatic heterocycles. The first-order chi connectivity index (χ1) is 18.3. The molecule has 2 N–H and O–H groups in total. The lowest BCUT2D eigenvalue weighted by molar-refractivity contribution is -0.116. The van der Waals surface area contributed by atoms with E-state index >= 15 is 0 Å². The SMILES string of the molecule is COc1ccc(S(=O)(=O)N(CCNc2cc(C)nc3ccc(Cl)cc23)CCC(=O)Nc2cccnc2)cc1. The molecule has 0 aliphatic carbocycles. The number of hydrogen-bond acceptors (Lipinski definition) is 7. The molecule has 0 saturated carbocycles. The maximum absolute atomic E-state index is 13.5. The molecule has 0 spiro atoms. The zero-order chi connectivity index (χ0) is 27.1. The molecular weight excluding hydrogens is 526 g/mol. The summed E-state index contributed by atoms with van der Waals surface area (Å²) in [7, 11) is -2.38. The number of halogens is 1. The fourth-order valence-corrected chi connectivity index (χ4v) is 5.54. The maximum Gasteiger partial charge on any atom is 0.243 e. The molecule has 0 fully saturated rings. The molecule has 2 aromatic carbocycles. The zero-order valence-electron chi connectivity index (χ0n) is 21.0. The Labute approximate surface area is 226 Å². The first-order valence-corrected chi connectivity index (χ1v) is 13.7. The van der Waals surface area contributed by atoms with Crippen LogP contribution in [0.1, 0.15) is 12.1 Å². The number of anilines is 2. The summed E-state index contributed by atoms with van der Waals surface area (Å²) in [6.07, 6.45) is 3.10. The molecule has 9 nitrogen and oxygen atoms in total. The minimum absolute atomic E-state index is 0.00983. The lowest BCUT2D eigenvalue weighted by atomic mass is 10.1. The standard InChI is InChI=1S/C27H28ClN5O4S/c1-19-16-26(24-17-20(28)5-10-25(24)31-19)30-13-15-33(14-11-27(34)32-21-4-3-12-29-18-21)38(35,36)23-8-6-22(37-2)7-9-23/h3-10,12,16-18H,11,13-15H2,1-2H3,(H,30,31)(H,32,34). The molecule has 1 amide bonds. The number of aromatic nitrogens is 2. The highest BCUT2D eigenvalue weighted by molar-refractivity contribution is 7.89. The number of aryl methyl sites for hydroxylation is 1. The Hall–Kier alpha value is -3.73. The Morgan fingerprint density at radius 3 is 2.58 bits per heavy atom. The number of nitrogens with zero attached hydrogens (tertiary/aromatic N) is 3. The van der Waals surface area contributed by atoms with Gasteiger partial charge in [0, 0.05) is 54.0 Å². The molecule has 0 bridgehead atoms. The summed E-state index contributed by atoms with van der Waals surface area (Å²) in [5.74, 6) is 0.234. The zero-order valence-corrected chi connectivity index (χ0v) is 22.6. The summed E-state index contributed by atoms with van der Waals surface area (Å²) in [5.41, 5.74) is 2.94. The van der Waals surface area contributed by atoms with Gasteiger partial charge in [-0.2, -0.15) is 4.31 Å². The van der Waals surface area contributed by atoms with Gasteiger partial charge in [-0.15, -0.1) is 0 Å². The van der Waals surface area contributed by atoms with Crippen molar-refractivity contribution in [3.05, 3.63) is 83.8 Å². The number of carbonyl (C=O) groups excluding carboxylic acids is 1. The van der Waals surface area contributed by atoms with Crippen molar-refractivity contribution in [3.63, 3.8) is 0 Å². The molecule has 2 heterocycles. The van der Waals surface area contributed by atoms with Gasteiger partial charge in [-0.1, -0.05) is 11.6 Å². The minimum atomic E-state index is -3.89. The third-order valence-electron chi connectivity index (χ3n) is 5.81. The van der Waals surface area contributed by atoms with E-state index in [2.05, 4.69) is 20.6 Å². The van der Waals surface area contributed by atoms with Gasteiger partial charge >= 0.3 is 0 Å². The van der Waals surface area contributed by atoms with Gasteiger partial charge < -0.3 is 15.4 Å². The quantitative estimate of drug-likeness (QED) is 0.276. The summed E-state index contributed by atoms with van der Waals surface area (Å²) in [6, 6.07) is 16.9. The Morgan fingerprint density at radius 1 is 1.08 bits per heavy atom. The Balaban J connectivity index is 1.52. The molecule has 4 rings (SSSR count). The Kier molecular flexibility index (Phi) is 8.77. The van der Waals surface area contributed by atoms with Crippen molar-refractivity contribution in [1.82, 2.24) is 14.3 Å². The van der Waals surface area contributed by atoms with Crippen LogP contribution in [0.4, 0.5) is 11.4 Å². The summed E-state index contributed by atoms with van der Waals surface area (Å²) in [6.45, 7) is 2.30. The molecule has 0 radical (unpaired) electrons.